The number of piperidine rings is 1. The Kier molecular flexibility index (Phi) is 8.46. The summed E-state index contributed by atoms with van der Waals surface area (Å²) in [6.07, 6.45) is 2.30. The third kappa shape index (κ3) is 5.95. The van der Waals surface area contributed by atoms with Gasteiger partial charge in [-0.2, -0.15) is 0 Å². The number of nitrogens with one attached hydrogen (secondary N) is 2. The molecule has 124 valence electrons. The Balaban J connectivity index is 0.00000242. The number of rotatable bonds is 6. The first-order valence-electron chi connectivity index (χ1n) is 7.87. The van der Waals surface area contributed by atoms with Crippen LogP contribution in [0.4, 0.5) is 0 Å². The van der Waals surface area contributed by atoms with Gasteiger partial charge in [-0.1, -0.05) is 37.3 Å². The van der Waals surface area contributed by atoms with E-state index in [0.29, 0.717) is 18.3 Å². The first kappa shape index (κ1) is 18.9. The van der Waals surface area contributed by atoms with Crippen molar-refractivity contribution in [3.05, 3.63) is 35.9 Å². The fraction of sp³-hybridized carbons (Fsp3) is 0.588. The lowest BCUT2D eigenvalue weighted by atomic mass is 9.85. The molecule has 2 rings (SSSR count). The number of carbonyl (C=O) groups is 1. The molecule has 0 radical (unpaired) electrons. The van der Waals surface area contributed by atoms with Gasteiger partial charge in [0.05, 0.1) is 6.10 Å². The summed E-state index contributed by atoms with van der Waals surface area (Å²) in [5, 5.41) is 16.3. The Morgan fingerprint density at radius 1 is 1.41 bits per heavy atom. The van der Waals surface area contributed by atoms with Crippen molar-refractivity contribution in [2.45, 2.75) is 32.3 Å². The average Bonchev–Trinajstić information content (AvgIpc) is 2.54. The van der Waals surface area contributed by atoms with Crippen LogP contribution >= 0.6 is 12.4 Å². The fourth-order valence-corrected chi connectivity index (χ4v) is 2.90. The maximum atomic E-state index is 12.0. The van der Waals surface area contributed by atoms with Crippen molar-refractivity contribution in [2.24, 2.45) is 11.8 Å². The van der Waals surface area contributed by atoms with E-state index in [9.17, 15) is 9.90 Å². The highest BCUT2D eigenvalue weighted by atomic mass is 35.5. The standard InChI is InChI=1S/C17H26N2O2.ClH/c1-13(15-8-5-9-18-11-15)10-17(21)19-12-16(20)14-6-3-2-4-7-14;/h2-4,6-7,13,15-16,18,20H,5,8-12H2,1H3,(H,19,21);1H. The van der Waals surface area contributed by atoms with Crippen LogP contribution in [0, 0.1) is 11.8 Å². The molecule has 0 saturated carbocycles. The molecule has 1 aromatic carbocycles. The van der Waals surface area contributed by atoms with Gasteiger partial charge in [0.1, 0.15) is 0 Å². The SMILES string of the molecule is CC(CC(=O)NCC(O)c1ccccc1)C1CCCNC1.Cl. The van der Waals surface area contributed by atoms with E-state index in [-0.39, 0.29) is 24.9 Å². The number of amides is 1. The van der Waals surface area contributed by atoms with E-state index < -0.39 is 6.10 Å². The summed E-state index contributed by atoms with van der Waals surface area (Å²) in [5.74, 6) is 0.998. The maximum absolute atomic E-state index is 12.0. The van der Waals surface area contributed by atoms with Gasteiger partial charge < -0.3 is 15.7 Å². The third-order valence-corrected chi connectivity index (χ3v) is 4.32. The molecule has 1 aromatic rings. The number of aliphatic hydroxyl groups is 1. The van der Waals surface area contributed by atoms with E-state index in [1.54, 1.807) is 0 Å². The van der Waals surface area contributed by atoms with Crippen LogP contribution in [0.15, 0.2) is 30.3 Å². The van der Waals surface area contributed by atoms with E-state index >= 15 is 0 Å². The molecule has 3 N–H and O–H groups in total. The monoisotopic (exact) mass is 326 g/mol. The Bertz CT molecular complexity index is 436. The number of halogens is 1. The van der Waals surface area contributed by atoms with Gasteiger partial charge in [-0.3, -0.25) is 4.79 Å². The normalized spacial score (nSPS) is 20.5. The summed E-state index contributed by atoms with van der Waals surface area (Å²) in [6, 6.07) is 9.42. The number of hydrogen-bond donors (Lipinski definition) is 3. The average molecular weight is 327 g/mol. The molecular weight excluding hydrogens is 300 g/mol. The van der Waals surface area contributed by atoms with Gasteiger partial charge in [-0.05, 0) is 43.3 Å². The van der Waals surface area contributed by atoms with Gasteiger partial charge in [0.2, 0.25) is 5.91 Å². The lowest BCUT2D eigenvalue weighted by molar-refractivity contribution is -0.122. The van der Waals surface area contributed by atoms with Crippen molar-refractivity contribution < 1.29 is 9.90 Å². The van der Waals surface area contributed by atoms with Gasteiger partial charge in [-0.25, -0.2) is 0 Å². The smallest absolute Gasteiger partial charge is 0.220 e. The molecular formula is C17H27ClN2O2. The van der Waals surface area contributed by atoms with Crippen LogP contribution in [0.3, 0.4) is 0 Å². The zero-order chi connectivity index (χ0) is 15.1. The van der Waals surface area contributed by atoms with E-state index in [2.05, 4.69) is 17.6 Å². The Labute approximate surface area is 139 Å². The van der Waals surface area contributed by atoms with E-state index in [1.165, 1.54) is 12.8 Å². The summed E-state index contributed by atoms with van der Waals surface area (Å²) in [7, 11) is 0. The molecule has 1 heterocycles. The molecule has 5 heteroatoms. The first-order chi connectivity index (χ1) is 10.2. The second-order valence-electron chi connectivity index (χ2n) is 6.02. The van der Waals surface area contributed by atoms with Crippen molar-refractivity contribution in [1.29, 1.82) is 0 Å². The molecule has 1 amide bonds. The minimum absolute atomic E-state index is 0. The van der Waals surface area contributed by atoms with Crippen LogP contribution in [-0.4, -0.2) is 30.6 Å². The maximum Gasteiger partial charge on any atom is 0.220 e. The molecule has 0 aliphatic carbocycles. The summed E-state index contributed by atoms with van der Waals surface area (Å²) >= 11 is 0. The van der Waals surface area contributed by atoms with Gasteiger partial charge in [0.25, 0.3) is 0 Å². The topological polar surface area (TPSA) is 61.4 Å². The Hall–Kier alpha value is -1.10. The van der Waals surface area contributed by atoms with Gasteiger partial charge in [-0.15, -0.1) is 12.4 Å². The zero-order valence-corrected chi connectivity index (χ0v) is 13.9. The second kappa shape index (κ2) is 9.82. The molecule has 1 fully saturated rings. The van der Waals surface area contributed by atoms with E-state index in [4.69, 9.17) is 0 Å². The van der Waals surface area contributed by atoms with Crippen LogP contribution in [0.1, 0.15) is 37.9 Å². The minimum Gasteiger partial charge on any atom is -0.387 e. The summed E-state index contributed by atoms with van der Waals surface area (Å²) in [4.78, 5) is 12.0. The summed E-state index contributed by atoms with van der Waals surface area (Å²) in [5.41, 5.74) is 0.835. The van der Waals surface area contributed by atoms with Gasteiger partial charge in [0.15, 0.2) is 0 Å². The molecule has 1 aliphatic rings. The molecule has 3 unspecified atom stereocenters. The lowest BCUT2D eigenvalue weighted by Crippen LogP contribution is -2.36. The number of hydrogen-bond acceptors (Lipinski definition) is 3. The van der Waals surface area contributed by atoms with E-state index in [1.807, 2.05) is 30.3 Å². The van der Waals surface area contributed by atoms with Crippen molar-refractivity contribution in [2.75, 3.05) is 19.6 Å². The molecule has 3 atom stereocenters. The molecule has 1 saturated heterocycles. The Morgan fingerprint density at radius 3 is 2.77 bits per heavy atom. The molecule has 22 heavy (non-hydrogen) atoms. The first-order valence-corrected chi connectivity index (χ1v) is 7.87. The van der Waals surface area contributed by atoms with Crippen LogP contribution in [-0.2, 0) is 4.79 Å². The zero-order valence-electron chi connectivity index (χ0n) is 13.1. The highest BCUT2D eigenvalue weighted by Crippen LogP contribution is 2.22. The van der Waals surface area contributed by atoms with Gasteiger partial charge in [0, 0.05) is 13.0 Å². The fourth-order valence-electron chi connectivity index (χ4n) is 2.90. The van der Waals surface area contributed by atoms with Crippen molar-refractivity contribution >= 4 is 18.3 Å². The third-order valence-electron chi connectivity index (χ3n) is 4.32. The molecule has 0 bridgehead atoms. The Morgan fingerprint density at radius 2 is 2.14 bits per heavy atom. The predicted molar refractivity (Wildman–Crippen MR) is 91.0 cm³/mol. The number of carbonyl (C=O) groups excluding carboxylic acids is 1. The highest BCUT2D eigenvalue weighted by molar-refractivity contribution is 5.85. The predicted octanol–water partition coefficient (Wildman–Crippen LogP) is 2.28. The summed E-state index contributed by atoms with van der Waals surface area (Å²) < 4.78 is 0. The lowest BCUT2D eigenvalue weighted by Gasteiger charge is -2.28. The molecule has 0 aromatic heterocycles. The van der Waals surface area contributed by atoms with Crippen LogP contribution in [0.2, 0.25) is 0 Å². The largest absolute Gasteiger partial charge is 0.387 e. The second-order valence-corrected chi connectivity index (χ2v) is 6.02. The van der Waals surface area contributed by atoms with Crippen molar-refractivity contribution in [1.82, 2.24) is 10.6 Å². The number of aliphatic hydroxyl groups excluding tert-OH is 1. The number of benzene rings is 1. The van der Waals surface area contributed by atoms with Crippen LogP contribution in [0.25, 0.3) is 0 Å². The van der Waals surface area contributed by atoms with Crippen LogP contribution in [0.5, 0.6) is 0 Å². The van der Waals surface area contributed by atoms with Crippen molar-refractivity contribution in [3.8, 4) is 0 Å². The van der Waals surface area contributed by atoms with Gasteiger partial charge >= 0.3 is 0 Å². The molecule has 1 aliphatic heterocycles. The van der Waals surface area contributed by atoms with Crippen LogP contribution < -0.4 is 10.6 Å². The summed E-state index contributed by atoms with van der Waals surface area (Å²) in [6.45, 7) is 4.53. The molecule has 0 spiro atoms. The molecule has 4 nitrogen and oxygen atoms in total. The van der Waals surface area contributed by atoms with Crippen molar-refractivity contribution in [3.63, 3.8) is 0 Å². The van der Waals surface area contributed by atoms with E-state index in [0.717, 1.165) is 18.7 Å². The quantitative estimate of drug-likeness (QED) is 0.751. The minimum atomic E-state index is -0.637. The highest BCUT2D eigenvalue weighted by Gasteiger charge is 2.22.